The van der Waals surface area contributed by atoms with Gasteiger partial charge in [-0.15, -0.1) is 0 Å². The SMILES string of the molecule is CNc1c(Cl)ccc(Cl)c1N=S. The van der Waals surface area contributed by atoms with E-state index in [1.807, 2.05) is 0 Å². The molecule has 1 aromatic carbocycles. The van der Waals surface area contributed by atoms with E-state index in [-0.39, 0.29) is 0 Å². The van der Waals surface area contributed by atoms with E-state index in [9.17, 15) is 0 Å². The number of anilines is 1. The van der Waals surface area contributed by atoms with Crippen LogP contribution in [-0.2, 0) is 12.4 Å². The quantitative estimate of drug-likeness (QED) is 0.827. The van der Waals surface area contributed by atoms with E-state index in [4.69, 9.17) is 23.2 Å². The topological polar surface area (TPSA) is 24.4 Å². The van der Waals surface area contributed by atoms with Gasteiger partial charge in [-0.05, 0) is 12.1 Å². The Kier molecular flexibility index (Phi) is 3.26. The van der Waals surface area contributed by atoms with E-state index >= 15 is 0 Å². The van der Waals surface area contributed by atoms with Crippen molar-refractivity contribution >= 4 is 47.0 Å². The van der Waals surface area contributed by atoms with Crippen LogP contribution in [0.25, 0.3) is 0 Å². The summed E-state index contributed by atoms with van der Waals surface area (Å²) < 4.78 is 3.61. The van der Waals surface area contributed by atoms with E-state index in [2.05, 4.69) is 22.1 Å². The van der Waals surface area contributed by atoms with Crippen molar-refractivity contribution in [3.05, 3.63) is 22.2 Å². The lowest BCUT2D eigenvalue weighted by Gasteiger charge is -2.06. The lowest BCUT2D eigenvalue weighted by atomic mass is 10.2. The number of nitrogens with one attached hydrogen (secondary N) is 1. The van der Waals surface area contributed by atoms with E-state index in [1.54, 1.807) is 19.2 Å². The number of hydrogen-bond acceptors (Lipinski definition) is 3. The van der Waals surface area contributed by atoms with E-state index in [0.29, 0.717) is 21.4 Å². The molecule has 1 rings (SSSR count). The zero-order valence-corrected chi connectivity index (χ0v) is 8.59. The molecule has 0 atom stereocenters. The first-order valence-electron chi connectivity index (χ1n) is 3.19. The van der Waals surface area contributed by atoms with Gasteiger partial charge in [-0.3, -0.25) is 0 Å². The maximum atomic E-state index is 5.85. The summed E-state index contributed by atoms with van der Waals surface area (Å²) in [5, 5.41) is 3.94. The molecule has 0 radical (unpaired) electrons. The van der Waals surface area contributed by atoms with Gasteiger partial charge in [0.2, 0.25) is 0 Å². The third-order valence-corrected chi connectivity index (χ3v) is 2.22. The van der Waals surface area contributed by atoms with Crippen molar-refractivity contribution in [2.45, 2.75) is 0 Å². The lowest BCUT2D eigenvalue weighted by molar-refractivity contribution is 1.47. The molecule has 0 aliphatic heterocycles. The predicted octanol–water partition coefficient (Wildman–Crippen LogP) is 3.40. The van der Waals surface area contributed by atoms with Crippen LogP contribution < -0.4 is 5.32 Å². The summed E-state index contributed by atoms with van der Waals surface area (Å²) in [6.45, 7) is 0. The first-order chi connectivity index (χ1) is 5.70. The molecule has 0 aliphatic rings. The normalized spacial score (nSPS) is 9.58. The summed E-state index contributed by atoms with van der Waals surface area (Å²) in [5.41, 5.74) is 1.18. The Hall–Kier alpha value is -0.380. The van der Waals surface area contributed by atoms with Crippen molar-refractivity contribution < 1.29 is 0 Å². The van der Waals surface area contributed by atoms with Crippen LogP contribution in [0.3, 0.4) is 0 Å². The van der Waals surface area contributed by atoms with Gasteiger partial charge in [0.05, 0.1) is 15.7 Å². The first-order valence-corrected chi connectivity index (χ1v) is 4.32. The fraction of sp³-hybridized carbons (Fsp3) is 0.143. The molecule has 0 spiro atoms. The van der Waals surface area contributed by atoms with Crippen molar-refractivity contribution in [3.8, 4) is 0 Å². The average molecular weight is 221 g/mol. The molecule has 0 amide bonds. The van der Waals surface area contributed by atoms with Crippen molar-refractivity contribution in [2.24, 2.45) is 4.36 Å². The zero-order valence-electron chi connectivity index (χ0n) is 6.27. The molecule has 0 heterocycles. The molecule has 5 heteroatoms. The molecule has 0 fully saturated rings. The van der Waals surface area contributed by atoms with E-state index in [0.717, 1.165) is 0 Å². The Balaban J connectivity index is 3.38. The monoisotopic (exact) mass is 220 g/mol. The van der Waals surface area contributed by atoms with Gasteiger partial charge < -0.3 is 5.32 Å². The maximum Gasteiger partial charge on any atom is 0.120 e. The molecular weight excluding hydrogens is 215 g/mol. The number of halogens is 2. The first kappa shape index (κ1) is 9.71. The standard InChI is InChI=1S/C7H6Cl2N2S/c1-10-6-4(8)2-3-5(9)7(6)11-12/h2-3,10H,1H3. The minimum Gasteiger partial charge on any atom is -0.385 e. The highest BCUT2D eigenvalue weighted by Gasteiger charge is 2.08. The highest BCUT2D eigenvalue weighted by atomic mass is 35.5. The molecule has 0 aliphatic carbocycles. The Morgan fingerprint density at radius 2 is 1.92 bits per heavy atom. The summed E-state index contributed by atoms with van der Waals surface area (Å²) >= 11 is 16.2. The van der Waals surface area contributed by atoms with Crippen molar-refractivity contribution in [3.63, 3.8) is 0 Å². The van der Waals surface area contributed by atoms with Crippen LogP contribution in [0, 0.1) is 0 Å². The van der Waals surface area contributed by atoms with Gasteiger partial charge in [0.15, 0.2) is 0 Å². The second kappa shape index (κ2) is 4.03. The highest BCUT2D eigenvalue weighted by Crippen LogP contribution is 2.37. The van der Waals surface area contributed by atoms with E-state index < -0.39 is 0 Å². The number of nitrogens with zero attached hydrogens (tertiary/aromatic N) is 1. The molecule has 0 saturated carbocycles. The van der Waals surface area contributed by atoms with Crippen LogP contribution in [0.1, 0.15) is 0 Å². The Morgan fingerprint density at radius 1 is 1.33 bits per heavy atom. The molecule has 64 valence electrons. The summed E-state index contributed by atoms with van der Waals surface area (Å²) in [4.78, 5) is 0. The minimum absolute atomic E-state index is 0.499. The van der Waals surface area contributed by atoms with Gasteiger partial charge in [0.25, 0.3) is 0 Å². The van der Waals surface area contributed by atoms with Gasteiger partial charge in [0.1, 0.15) is 5.69 Å². The average Bonchev–Trinajstić information content (AvgIpc) is 2.08. The van der Waals surface area contributed by atoms with Gasteiger partial charge in [-0.2, -0.15) is 4.36 Å². The largest absolute Gasteiger partial charge is 0.385 e. The molecule has 0 bridgehead atoms. The number of rotatable bonds is 2. The van der Waals surface area contributed by atoms with Crippen LogP contribution in [0.4, 0.5) is 11.4 Å². The Bertz CT molecular complexity index is 315. The summed E-state index contributed by atoms with van der Waals surface area (Å²) in [7, 11) is 1.74. The van der Waals surface area contributed by atoms with Crippen molar-refractivity contribution in [1.82, 2.24) is 0 Å². The van der Waals surface area contributed by atoms with Crippen LogP contribution in [0.2, 0.25) is 10.0 Å². The Labute approximate surface area is 86.0 Å². The van der Waals surface area contributed by atoms with Gasteiger partial charge in [0, 0.05) is 19.5 Å². The molecule has 12 heavy (non-hydrogen) atoms. The zero-order chi connectivity index (χ0) is 9.14. The predicted molar refractivity (Wildman–Crippen MR) is 55.5 cm³/mol. The number of hydrogen-bond donors (Lipinski definition) is 1. The minimum atomic E-state index is 0.499. The fourth-order valence-corrected chi connectivity index (χ4v) is 1.55. The summed E-state index contributed by atoms with van der Waals surface area (Å²) in [6, 6.07) is 3.36. The molecule has 0 saturated heterocycles. The van der Waals surface area contributed by atoms with Crippen LogP contribution in [0.5, 0.6) is 0 Å². The third-order valence-electron chi connectivity index (χ3n) is 1.42. The Morgan fingerprint density at radius 3 is 2.33 bits per heavy atom. The second-order valence-corrected chi connectivity index (χ2v) is 3.09. The van der Waals surface area contributed by atoms with Gasteiger partial charge in [-0.25, -0.2) is 0 Å². The molecule has 1 N–H and O–H groups in total. The van der Waals surface area contributed by atoms with Crippen LogP contribution >= 0.6 is 23.2 Å². The molecule has 0 aromatic heterocycles. The van der Waals surface area contributed by atoms with Crippen molar-refractivity contribution in [1.29, 1.82) is 0 Å². The summed E-state index contributed by atoms with van der Waals surface area (Å²) in [6.07, 6.45) is 0. The number of benzene rings is 1. The summed E-state index contributed by atoms with van der Waals surface area (Å²) in [5.74, 6) is 0. The van der Waals surface area contributed by atoms with Crippen LogP contribution in [-0.4, -0.2) is 7.05 Å². The third kappa shape index (κ3) is 1.68. The second-order valence-electron chi connectivity index (χ2n) is 2.09. The molecular formula is C7H6Cl2N2S. The van der Waals surface area contributed by atoms with E-state index in [1.165, 1.54) is 0 Å². The molecule has 0 unspecified atom stereocenters. The highest BCUT2D eigenvalue weighted by molar-refractivity contribution is 7.47. The van der Waals surface area contributed by atoms with Crippen molar-refractivity contribution in [2.75, 3.05) is 12.4 Å². The van der Waals surface area contributed by atoms with Gasteiger partial charge >= 0.3 is 0 Å². The fourth-order valence-electron chi connectivity index (χ4n) is 0.868. The molecule has 1 aromatic rings. The van der Waals surface area contributed by atoms with Crippen LogP contribution in [0.15, 0.2) is 16.5 Å². The molecule has 2 nitrogen and oxygen atoms in total. The smallest absolute Gasteiger partial charge is 0.120 e. The lowest BCUT2D eigenvalue weighted by Crippen LogP contribution is -1.89. The maximum absolute atomic E-state index is 5.85. The van der Waals surface area contributed by atoms with Gasteiger partial charge in [-0.1, -0.05) is 23.2 Å².